The van der Waals surface area contributed by atoms with Gasteiger partial charge in [0.05, 0.1) is 6.10 Å². The zero-order valence-corrected chi connectivity index (χ0v) is 10.8. The van der Waals surface area contributed by atoms with E-state index < -0.39 is 12.7 Å². The molecule has 1 heterocycles. The molecule has 0 aromatic heterocycles. The third-order valence-electron chi connectivity index (χ3n) is 2.99. The molecule has 1 fully saturated rings. The van der Waals surface area contributed by atoms with E-state index in [1.807, 2.05) is 0 Å². The first-order valence-electron chi connectivity index (χ1n) is 6.33. The number of piperidine rings is 1. The lowest BCUT2D eigenvalue weighted by molar-refractivity contribution is -0.0498. The van der Waals surface area contributed by atoms with E-state index in [0.717, 1.165) is 6.42 Å². The highest BCUT2D eigenvalue weighted by molar-refractivity contribution is 5.89. The molecule has 1 saturated heterocycles. The van der Waals surface area contributed by atoms with Crippen LogP contribution in [0.15, 0.2) is 24.3 Å². The van der Waals surface area contributed by atoms with Gasteiger partial charge < -0.3 is 20.1 Å². The Labute approximate surface area is 115 Å². The highest BCUT2D eigenvalue weighted by atomic mass is 19.3. The minimum absolute atomic E-state index is 0.0171. The number of hydrogen-bond donors (Lipinski definition) is 2. The predicted octanol–water partition coefficient (Wildman–Crippen LogP) is 2.28. The first kappa shape index (κ1) is 14.5. The fourth-order valence-electron chi connectivity index (χ4n) is 2.09. The molecule has 0 spiro atoms. The lowest BCUT2D eigenvalue weighted by Gasteiger charge is -2.30. The first-order valence-corrected chi connectivity index (χ1v) is 6.33. The molecule has 1 aromatic rings. The van der Waals surface area contributed by atoms with Crippen molar-refractivity contribution in [3.05, 3.63) is 24.3 Å². The van der Waals surface area contributed by atoms with Crippen LogP contribution < -0.4 is 10.1 Å². The third-order valence-corrected chi connectivity index (χ3v) is 2.99. The van der Waals surface area contributed by atoms with Gasteiger partial charge in [-0.15, -0.1) is 0 Å². The smallest absolute Gasteiger partial charge is 0.387 e. The number of benzene rings is 1. The van der Waals surface area contributed by atoms with E-state index in [2.05, 4.69) is 10.1 Å². The Bertz CT molecular complexity index is 471. The van der Waals surface area contributed by atoms with Crippen molar-refractivity contribution < 1.29 is 23.4 Å². The second-order valence-corrected chi connectivity index (χ2v) is 4.58. The van der Waals surface area contributed by atoms with E-state index in [1.54, 1.807) is 6.07 Å². The number of aliphatic hydroxyl groups is 1. The van der Waals surface area contributed by atoms with Gasteiger partial charge >= 0.3 is 12.6 Å². The van der Waals surface area contributed by atoms with Gasteiger partial charge in [0.25, 0.3) is 0 Å². The van der Waals surface area contributed by atoms with Gasteiger partial charge in [0.2, 0.25) is 0 Å². The van der Waals surface area contributed by atoms with Crippen LogP contribution in [0.2, 0.25) is 0 Å². The molecular formula is C13H16F2N2O3. The molecular weight excluding hydrogens is 270 g/mol. The Balaban J connectivity index is 1.96. The quantitative estimate of drug-likeness (QED) is 0.896. The Morgan fingerprint density at radius 3 is 3.00 bits per heavy atom. The lowest BCUT2D eigenvalue weighted by Crippen LogP contribution is -2.44. The van der Waals surface area contributed by atoms with Crippen molar-refractivity contribution in [2.45, 2.75) is 25.6 Å². The van der Waals surface area contributed by atoms with E-state index in [4.69, 9.17) is 0 Å². The molecule has 7 heteroatoms. The average molecular weight is 286 g/mol. The fraction of sp³-hybridized carbons (Fsp3) is 0.462. The molecule has 0 radical (unpaired) electrons. The first-order chi connectivity index (χ1) is 9.54. The van der Waals surface area contributed by atoms with Crippen LogP contribution in [0.3, 0.4) is 0 Å². The number of nitrogens with zero attached hydrogens (tertiary/aromatic N) is 1. The largest absolute Gasteiger partial charge is 0.435 e. The van der Waals surface area contributed by atoms with E-state index in [0.29, 0.717) is 18.7 Å². The number of halogens is 2. The maximum Gasteiger partial charge on any atom is 0.387 e. The number of ether oxygens (including phenoxy) is 1. The van der Waals surface area contributed by atoms with Crippen LogP contribution in [0.25, 0.3) is 0 Å². The molecule has 0 aliphatic carbocycles. The van der Waals surface area contributed by atoms with E-state index in [9.17, 15) is 18.7 Å². The molecule has 0 bridgehead atoms. The molecule has 2 rings (SSSR count). The van der Waals surface area contributed by atoms with E-state index in [1.165, 1.54) is 23.1 Å². The van der Waals surface area contributed by atoms with Crippen molar-refractivity contribution in [3.8, 4) is 5.75 Å². The Kier molecular flexibility index (Phi) is 4.73. The van der Waals surface area contributed by atoms with Gasteiger partial charge in [0.1, 0.15) is 5.75 Å². The third kappa shape index (κ3) is 4.06. The maximum atomic E-state index is 12.1. The number of nitrogens with one attached hydrogen (secondary N) is 1. The molecule has 1 unspecified atom stereocenters. The number of likely N-dealkylation sites (tertiary alicyclic amines) is 1. The Hall–Kier alpha value is -1.89. The number of hydrogen-bond acceptors (Lipinski definition) is 3. The predicted molar refractivity (Wildman–Crippen MR) is 68.9 cm³/mol. The van der Waals surface area contributed by atoms with Crippen LogP contribution >= 0.6 is 0 Å². The molecule has 110 valence electrons. The van der Waals surface area contributed by atoms with Crippen LogP contribution in [0.4, 0.5) is 19.3 Å². The summed E-state index contributed by atoms with van der Waals surface area (Å²) < 4.78 is 28.5. The molecule has 1 aromatic carbocycles. The Morgan fingerprint density at radius 2 is 2.30 bits per heavy atom. The highest BCUT2D eigenvalue weighted by Gasteiger charge is 2.22. The summed E-state index contributed by atoms with van der Waals surface area (Å²) in [5.74, 6) is -0.0171. The number of β-amino-alcohol motifs (C(OH)–C–C–N with tert-alkyl or cyclic N) is 1. The summed E-state index contributed by atoms with van der Waals surface area (Å²) in [4.78, 5) is 13.5. The second-order valence-electron chi connectivity index (χ2n) is 4.58. The molecule has 1 aliphatic rings. The summed E-state index contributed by atoms with van der Waals surface area (Å²) >= 11 is 0. The number of amides is 2. The number of urea groups is 1. The summed E-state index contributed by atoms with van der Waals surface area (Å²) in [6.45, 7) is -2.06. The summed E-state index contributed by atoms with van der Waals surface area (Å²) in [5.41, 5.74) is 0.369. The zero-order valence-electron chi connectivity index (χ0n) is 10.8. The molecule has 0 saturated carbocycles. The minimum Gasteiger partial charge on any atom is -0.435 e. The fourth-order valence-corrected chi connectivity index (χ4v) is 2.09. The number of anilines is 1. The van der Waals surface area contributed by atoms with E-state index in [-0.39, 0.29) is 18.3 Å². The van der Waals surface area contributed by atoms with Crippen LogP contribution in [-0.2, 0) is 0 Å². The zero-order chi connectivity index (χ0) is 14.5. The number of carbonyl (C=O) groups is 1. The van der Waals surface area contributed by atoms with Gasteiger partial charge in [-0.3, -0.25) is 0 Å². The second kappa shape index (κ2) is 6.51. The van der Waals surface area contributed by atoms with Gasteiger partial charge in [0.15, 0.2) is 0 Å². The average Bonchev–Trinajstić information content (AvgIpc) is 2.38. The van der Waals surface area contributed by atoms with Gasteiger partial charge in [-0.25, -0.2) is 4.79 Å². The Morgan fingerprint density at radius 1 is 1.50 bits per heavy atom. The summed E-state index contributed by atoms with van der Waals surface area (Å²) in [7, 11) is 0. The van der Waals surface area contributed by atoms with E-state index >= 15 is 0 Å². The van der Waals surface area contributed by atoms with Crippen molar-refractivity contribution in [2.24, 2.45) is 0 Å². The van der Waals surface area contributed by atoms with Crippen LogP contribution in [0.5, 0.6) is 5.75 Å². The number of alkyl halides is 2. The summed E-state index contributed by atoms with van der Waals surface area (Å²) in [6, 6.07) is 5.43. The van der Waals surface area contributed by atoms with Crippen LogP contribution in [0.1, 0.15) is 12.8 Å². The number of carbonyl (C=O) groups excluding carboxylic acids is 1. The van der Waals surface area contributed by atoms with Crippen molar-refractivity contribution in [2.75, 3.05) is 18.4 Å². The van der Waals surface area contributed by atoms with Crippen molar-refractivity contribution in [1.82, 2.24) is 4.90 Å². The number of rotatable bonds is 3. The van der Waals surface area contributed by atoms with Gasteiger partial charge in [-0.2, -0.15) is 8.78 Å². The molecule has 2 amide bonds. The maximum absolute atomic E-state index is 12.1. The minimum atomic E-state index is -2.90. The van der Waals surface area contributed by atoms with Crippen molar-refractivity contribution >= 4 is 11.7 Å². The van der Waals surface area contributed by atoms with Gasteiger partial charge in [-0.1, -0.05) is 6.07 Å². The monoisotopic (exact) mass is 286 g/mol. The van der Waals surface area contributed by atoms with Crippen LogP contribution in [0, 0.1) is 0 Å². The molecule has 5 nitrogen and oxygen atoms in total. The topological polar surface area (TPSA) is 61.8 Å². The summed E-state index contributed by atoms with van der Waals surface area (Å²) in [6.07, 6.45) is 0.910. The molecule has 20 heavy (non-hydrogen) atoms. The number of aliphatic hydroxyl groups excluding tert-OH is 1. The normalized spacial score (nSPS) is 19.0. The van der Waals surface area contributed by atoms with Crippen molar-refractivity contribution in [1.29, 1.82) is 0 Å². The molecule has 1 atom stereocenters. The van der Waals surface area contributed by atoms with Gasteiger partial charge in [0, 0.05) is 24.8 Å². The molecule has 2 N–H and O–H groups in total. The molecule has 1 aliphatic heterocycles. The highest BCUT2D eigenvalue weighted by Crippen LogP contribution is 2.20. The van der Waals surface area contributed by atoms with Crippen LogP contribution in [-0.4, -0.2) is 41.8 Å². The van der Waals surface area contributed by atoms with Crippen molar-refractivity contribution in [3.63, 3.8) is 0 Å². The standard InChI is InChI=1S/C13H16F2N2O3/c14-12(15)20-11-5-1-3-9(7-11)16-13(19)17-6-2-4-10(18)8-17/h1,3,5,7,10,12,18H,2,4,6,8H2,(H,16,19). The van der Waals surface area contributed by atoms with Gasteiger partial charge in [-0.05, 0) is 25.0 Å². The SMILES string of the molecule is O=C(Nc1cccc(OC(F)F)c1)N1CCCC(O)C1. The lowest BCUT2D eigenvalue weighted by atomic mass is 10.1. The summed E-state index contributed by atoms with van der Waals surface area (Å²) in [5, 5.41) is 12.1.